The zero-order valence-electron chi connectivity index (χ0n) is 16.3. The minimum absolute atomic E-state index is 0.0378. The number of allylic oxidation sites excluding steroid dienone is 3. The van der Waals surface area contributed by atoms with Crippen molar-refractivity contribution in [3.8, 4) is 0 Å². The van der Waals surface area contributed by atoms with Gasteiger partial charge in [0.05, 0.1) is 5.75 Å². The molecule has 3 rings (SSSR count). The fourth-order valence-corrected chi connectivity index (χ4v) is 4.05. The molecule has 28 heavy (non-hydrogen) atoms. The first-order chi connectivity index (χ1) is 13.4. The van der Waals surface area contributed by atoms with Gasteiger partial charge in [0.2, 0.25) is 16.0 Å². The van der Waals surface area contributed by atoms with Gasteiger partial charge in [-0.15, -0.1) is 0 Å². The fourth-order valence-electron chi connectivity index (χ4n) is 3.13. The highest BCUT2D eigenvalue weighted by molar-refractivity contribution is 7.89. The van der Waals surface area contributed by atoms with Crippen molar-refractivity contribution in [1.29, 1.82) is 0 Å². The van der Waals surface area contributed by atoms with Crippen LogP contribution in [-0.2, 0) is 10.0 Å². The lowest BCUT2D eigenvalue weighted by Gasteiger charge is -2.33. The van der Waals surface area contributed by atoms with E-state index in [1.54, 1.807) is 0 Å². The first kappa shape index (κ1) is 20.6. The van der Waals surface area contributed by atoms with Gasteiger partial charge in [0.1, 0.15) is 11.6 Å². The third-order valence-electron chi connectivity index (χ3n) is 4.85. The van der Waals surface area contributed by atoms with E-state index in [4.69, 9.17) is 5.73 Å². The van der Waals surface area contributed by atoms with Crippen LogP contribution in [0.1, 0.15) is 12.8 Å². The summed E-state index contributed by atoms with van der Waals surface area (Å²) < 4.78 is 27.1. The zero-order valence-corrected chi connectivity index (χ0v) is 17.1. The molecule has 1 fully saturated rings. The van der Waals surface area contributed by atoms with Gasteiger partial charge in [0.25, 0.3) is 0 Å². The summed E-state index contributed by atoms with van der Waals surface area (Å²) in [5, 5.41) is 3.05. The molecule has 1 aromatic rings. The number of anilines is 3. The minimum Gasteiger partial charge on any atom is -0.369 e. The van der Waals surface area contributed by atoms with Gasteiger partial charge < -0.3 is 20.9 Å². The summed E-state index contributed by atoms with van der Waals surface area (Å²) in [7, 11) is -1.27. The van der Waals surface area contributed by atoms with Crippen LogP contribution in [0.3, 0.4) is 0 Å². The van der Waals surface area contributed by atoms with Crippen LogP contribution in [0, 0.1) is 0 Å². The number of nitrogen functional groups attached to an aromatic ring is 1. The highest BCUT2D eigenvalue weighted by Crippen LogP contribution is 2.18. The van der Waals surface area contributed by atoms with Gasteiger partial charge in [-0.25, -0.2) is 13.1 Å². The molecule has 1 aliphatic carbocycles. The molecule has 4 N–H and O–H groups in total. The third-order valence-corrected chi connectivity index (χ3v) is 6.18. The number of sulfonamides is 1. The summed E-state index contributed by atoms with van der Waals surface area (Å²) >= 11 is 0. The maximum absolute atomic E-state index is 12.2. The van der Waals surface area contributed by atoms with E-state index in [2.05, 4.69) is 42.9 Å². The number of rotatable bonds is 8. The highest BCUT2D eigenvalue weighted by Gasteiger charge is 2.17. The predicted octanol–water partition coefficient (Wildman–Crippen LogP) is 0.418. The maximum Gasteiger partial charge on any atom is 0.223 e. The summed E-state index contributed by atoms with van der Waals surface area (Å²) in [6, 6.07) is 1.82. The minimum atomic E-state index is -3.37. The number of piperazine rings is 1. The van der Waals surface area contributed by atoms with Gasteiger partial charge in [-0.3, -0.25) is 0 Å². The summed E-state index contributed by atoms with van der Waals surface area (Å²) in [4.78, 5) is 12.9. The zero-order chi connectivity index (χ0) is 20.0. The van der Waals surface area contributed by atoms with Gasteiger partial charge in [-0.1, -0.05) is 23.8 Å². The second-order valence-electron chi connectivity index (χ2n) is 7.12. The van der Waals surface area contributed by atoms with E-state index >= 15 is 0 Å². The summed E-state index contributed by atoms with van der Waals surface area (Å²) in [6.45, 7) is 4.27. The lowest BCUT2D eigenvalue weighted by molar-refractivity contribution is 0.312. The van der Waals surface area contributed by atoms with Crippen molar-refractivity contribution in [3.05, 3.63) is 29.9 Å². The van der Waals surface area contributed by atoms with Gasteiger partial charge in [0, 0.05) is 45.3 Å². The smallest absolute Gasteiger partial charge is 0.223 e. The van der Waals surface area contributed by atoms with Crippen LogP contribution in [0.15, 0.2) is 29.9 Å². The molecule has 9 nitrogen and oxygen atoms in total. The Hall–Kier alpha value is -2.17. The van der Waals surface area contributed by atoms with Crippen molar-refractivity contribution in [2.45, 2.75) is 12.8 Å². The number of aromatic nitrogens is 2. The highest BCUT2D eigenvalue weighted by atomic mass is 32.2. The molecule has 0 aromatic carbocycles. The van der Waals surface area contributed by atoms with Crippen molar-refractivity contribution >= 4 is 27.6 Å². The second kappa shape index (κ2) is 9.35. The molecule has 1 aliphatic heterocycles. The van der Waals surface area contributed by atoms with Crippen molar-refractivity contribution in [2.75, 3.05) is 68.0 Å². The molecule has 1 aromatic heterocycles. The number of likely N-dealkylation sites (N-methyl/N-ethyl adjacent to an activating group) is 1. The van der Waals surface area contributed by atoms with Crippen LogP contribution in [-0.4, -0.2) is 75.4 Å². The summed E-state index contributed by atoms with van der Waals surface area (Å²) in [5.74, 6) is 1.44. The van der Waals surface area contributed by atoms with E-state index in [1.807, 2.05) is 18.2 Å². The summed E-state index contributed by atoms with van der Waals surface area (Å²) in [6.07, 6.45) is 7.86. The van der Waals surface area contributed by atoms with Crippen molar-refractivity contribution in [1.82, 2.24) is 19.6 Å². The molecule has 0 atom stereocenters. The first-order valence-corrected chi connectivity index (χ1v) is 11.2. The Morgan fingerprint density at radius 2 is 2.00 bits per heavy atom. The molecular weight excluding hydrogens is 378 g/mol. The Kier molecular flexibility index (Phi) is 6.87. The van der Waals surface area contributed by atoms with E-state index < -0.39 is 10.0 Å². The van der Waals surface area contributed by atoms with Gasteiger partial charge in [0.15, 0.2) is 0 Å². The molecule has 2 aliphatic rings. The van der Waals surface area contributed by atoms with E-state index in [1.165, 1.54) is 0 Å². The molecule has 0 spiro atoms. The molecule has 0 unspecified atom stereocenters. The average Bonchev–Trinajstić information content (AvgIpc) is 2.67. The standard InChI is InChI=1S/C18H29N7O2S/c1-24-8-10-25(11-9-24)17-13-16(22-18(19)23-17)20-7-12-28(26,27)21-14-15-5-3-2-4-6-15/h2-3,5,13,21H,4,6-12,14H2,1H3,(H3,19,20,22,23). The number of hydrogen-bond acceptors (Lipinski definition) is 8. The maximum atomic E-state index is 12.2. The van der Waals surface area contributed by atoms with E-state index in [0.717, 1.165) is 50.4 Å². The van der Waals surface area contributed by atoms with Crippen molar-refractivity contribution < 1.29 is 8.42 Å². The quantitative estimate of drug-likeness (QED) is 0.568. The topological polar surface area (TPSA) is 116 Å². The summed E-state index contributed by atoms with van der Waals surface area (Å²) in [5.41, 5.74) is 6.94. The number of hydrogen-bond donors (Lipinski definition) is 3. The molecular formula is C18H29N7O2S. The van der Waals surface area contributed by atoms with Gasteiger partial charge in [-0.2, -0.15) is 9.97 Å². The van der Waals surface area contributed by atoms with Crippen LogP contribution >= 0.6 is 0 Å². The monoisotopic (exact) mass is 407 g/mol. The molecule has 154 valence electrons. The molecule has 0 radical (unpaired) electrons. The largest absolute Gasteiger partial charge is 0.369 e. The fraction of sp³-hybridized carbons (Fsp3) is 0.556. The molecule has 0 amide bonds. The number of nitrogens with one attached hydrogen (secondary N) is 2. The van der Waals surface area contributed by atoms with Crippen LogP contribution < -0.4 is 20.7 Å². The lowest BCUT2D eigenvalue weighted by atomic mass is 10.1. The Balaban J connectivity index is 1.51. The SMILES string of the molecule is CN1CCN(c2cc(NCCS(=O)(=O)NCC3=CC=CCC3)nc(N)n2)CC1. The molecule has 0 bridgehead atoms. The van der Waals surface area contributed by atoms with E-state index in [9.17, 15) is 8.42 Å². The van der Waals surface area contributed by atoms with E-state index in [-0.39, 0.29) is 18.2 Å². The predicted molar refractivity (Wildman–Crippen MR) is 113 cm³/mol. The number of nitrogens with two attached hydrogens (primary N) is 1. The first-order valence-electron chi connectivity index (χ1n) is 9.55. The van der Waals surface area contributed by atoms with Crippen molar-refractivity contribution in [2.24, 2.45) is 0 Å². The Morgan fingerprint density at radius 1 is 1.21 bits per heavy atom. The Labute approximate surface area is 166 Å². The van der Waals surface area contributed by atoms with Crippen LogP contribution in [0.25, 0.3) is 0 Å². The number of nitrogens with zero attached hydrogens (tertiary/aromatic N) is 4. The third kappa shape index (κ3) is 6.18. The molecule has 0 saturated carbocycles. The van der Waals surface area contributed by atoms with Crippen molar-refractivity contribution in [3.63, 3.8) is 0 Å². The molecule has 10 heteroatoms. The second-order valence-corrected chi connectivity index (χ2v) is 9.04. The Bertz CT molecular complexity index is 830. The average molecular weight is 408 g/mol. The van der Waals surface area contributed by atoms with Gasteiger partial charge >= 0.3 is 0 Å². The normalized spacial score (nSPS) is 18.2. The van der Waals surface area contributed by atoms with Crippen LogP contribution in [0.2, 0.25) is 0 Å². The van der Waals surface area contributed by atoms with Crippen LogP contribution in [0.4, 0.5) is 17.6 Å². The molecule has 1 saturated heterocycles. The molecule has 2 heterocycles. The van der Waals surface area contributed by atoms with E-state index in [0.29, 0.717) is 12.4 Å². The lowest BCUT2D eigenvalue weighted by Crippen LogP contribution is -2.44. The van der Waals surface area contributed by atoms with Gasteiger partial charge in [-0.05, 0) is 19.9 Å². The van der Waals surface area contributed by atoms with Crippen LogP contribution in [0.5, 0.6) is 0 Å². The Morgan fingerprint density at radius 3 is 2.71 bits per heavy atom.